The third-order valence-electron chi connectivity index (χ3n) is 12.2. The number of amides is 6. The topological polar surface area (TPSA) is 175 Å². The zero-order valence-electron chi connectivity index (χ0n) is 41.5. The number of hydrogen-bond acceptors (Lipinski definition) is 8. The number of nitrogens with one attached hydrogen (secondary N) is 4. The zero-order chi connectivity index (χ0) is 49.5. The Kier molecular flexibility index (Phi) is 19.2. The summed E-state index contributed by atoms with van der Waals surface area (Å²) in [4.78, 5) is 84.9. The molecule has 5 rings (SSSR count). The molecule has 6 amide bonds. The Balaban J connectivity index is 1.26. The summed E-state index contributed by atoms with van der Waals surface area (Å²) in [5, 5.41) is 11.6. The van der Waals surface area contributed by atoms with Crippen LogP contribution in [0.2, 0.25) is 0 Å². The first-order valence-electron chi connectivity index (χ1n) is 24.3. The number of alkyl carbamates (subject to hydrolysis) is 2. The highest BCUT2D eigenvalue weighted by Crippen LogP contribution is 2.44. The molecule has 4 N–H and O–H groups in total. The summed E-state index contributed by atoms with van der Waals surface area (Å²) < 4.78 is 11.3. The van der Waals surface area contributed by atoms with Crippen molar-refractivity contribution in [3.8, 4) is 11.1 Å². The van der Waals surface area contributed by atoms with E-state index in [-0.39, 0.29) is 49.3 Å². The van der Waals surface area contributed by atoms with Crippen molar-refractivity contribution in [2.75, 3.05) is 19.7 Å². The lowest BCUT2D eigenvalue weighted by Gasteiger charge is -2.40. The normalized spacial score (nSPS) is 16.4. The lowest BCUT2D eigenvalue weighted by atomic mass is 9.95. The molecule has 3 aromatic carbocycles. The molecule has 368 valence electrons. The first-order valence-corrected chi connectivity index (χ1v) is 24.3. The lowest BCUT2D eigenvalue weighted by molar-refractivity contribution is -0.148. The van der Waals surface area contributed by atoms with Crippen molar-refractivity contribution in [1.29, 1.82) is 0 Å². The maximum Gasteiger partial charge on any atom is 0.408 e. The number of hydrogen-bond donors (Lipinski definition) is 4. The summed E-state index contributed by atoms with van der Waals surface area (Å²) in [6, 6.07) is 23.3. The van der Waals surface area contributed by atoms with Crippen LogP contribution in [0.15, 0.2) is 91.0 Å². The average molecular weight is 935 g/mol. The van der Waals surface area contributed by atoms with E-state index >= 15 is 0 Å². The predicted molar refractivity (Wildman–Crippen MR) is 264 cm³/mol. The molecule has 68 heavy (non-hydrogen) atoms. The van der Waals surface area contributed by atoms with E-state index in [0.29, 0.717) is 45.1 Å². The SMILES string of the molecule is CC(C)C[C@@H](/C=C/[C@H](Cc1ccccc1)C(=O)N1CCC[C@H]1N(C=O)[C@H](C(=O)N[C@@H](CCCNC(=O)OCC1c2ccccc2-c2ccccc21)C(=O)NC(C)C)C(C)C)NC(=O)OC(C)(C)C. The molecule has 1 fully saturated rings. The monoisotopic (exact) mass is 935 g/mol. The number of rotatable bonds is 22. The molecule has 1 aliphatic heterocycles. The second kappa shape index (κ2) is 24.7. The van der Waals surface area contributed by atoms with Crippen molar-refractivity contribution >= 4 is 36.3 Å². The highest BCUT2D eigenvalue weighted by atomic mass is 16.6. The fraction of sp³-hybridized carbons (Fsp3) is 0.519. The van der Waals surface area contributed by atoms with Crippen LogP contribution >= 0.6 is 0 Å². The summed E-state index contributed by atoms with van der Waals surface area (Å²) in [5.41, 5.74) is 4.74. The third kappa shape index (κ3) is 14.9. The van der Waals surface area contributed by atoms with Gasteiger partial charge in [-0.2, -0.15) is 0 Å². The van der Waals surface area contributed by atoms with Gasteiger partial charge in [0.15, 0.2) is 0 Å². The minimum absolute atomic E-state index is 0.0867. The minimum atomic E-state index is -1.02. The molecule has 0 unspecified atom stereocenters. The summed E-state index contributed by atoms with van der Waals surface area (Å²) in [5.74, 6) is -2.02. The van der Waals surface area contributed by atoms with Gasteiger partial charge in [0.05, 0.1) is 12.0 Å². The molecule has 1 heterocycles. The molecule has 0 radical (unpaired) electrons. The van der Waals surface area contributed by atoms with E-state index in [1.54, 1.807) is 25.7 Å². The predicted octanol–water partition coefficient (Wildman–Crippen LogP) is 8.10. The molecule has 0 aromatic heterocycles. The second-order valence-electron chi connectivity index (χ2n) is 20.1. The molecule has 3 aromatic rings. The maximum absolute atomic E-state index is 14.8. The molecule has 1 aliphatic carbocycles. The van der Waals surface area contributed by atoms with Gasteiger partial charge < -0.3 is 40.5 Å². The third-order valence-corrected chi connectivity index (χ3v) is 12.2. The molecule has 0 bridgehead atoms. The van der Waals surface area contributed by atoms with Gasteiger partial charge in [0.2, 0.25) is 24.1 Å². The van der Waals surface area contributed by atoms with E-state index in [1.807, 2.05) is 94.4 Å². The average Bonchev–Trinajstić information content (AvgIpc) is 3.89. The van der Waals surface area contributed by atoms with Crippen LogP contribution in [0.3, 0.4) is 0 Å². The Morgan fingerprint density at radius 3 is 2.01 bits per heavy atom. The Labute approximate surface area is 403 Å². The van der Waals surface area contributed by atoms with Crippen LogP contribution < -0.4 is 21.3 Å². The largest absolute Gasteiger partial charge is 0.449 e. The quantitative estimate of drug-likeness (QED) is 0.0444. The summed E-state index contributed by atoms with van der Waals surface area (Å²) in [6.07, 6.45) is 5.08. The molecule has 5 atom stereocenters. The van der Waals surface area contributed by atoms with Gasteiger partial charge in [0.25, 0.3) is 0 Å². The van der Waals surface area contributed by atoms with E-state index in [2.05, 4.69) is 59.4 Å². The van der Waals surface area contributed by atoms with Gasteiger partial charge in [0.1, 0.15) is 30.5 Å². The first kappa shape index (κ1) is 52.8. The maximum atomic E-state index is 14.8. The van der Waals surface area contributed by atoms with Gasteiger partial charge in [-0.05, 0) is 113 Å². The van der Waals surface area contributed by atoms with Crippen LogP contribution in [0.1, 0.15) is 117 Å². The van der Waals surface area contributed by atoms with E-state index < -0.39 is 59.8 Å². The highest BCUT2D eigenvalue weighted by Gasteiger charge is 2.42. The van der Waals surface area contributed by atoms with Crippen molar-refractivity contribution in [1.82, 2.24) is 31.1 Å². The van der Waals surface area contributed by atoms with Gasteiger partial charge in [-0.3, -0.25) is 19.2 Å². The van der Waals surface area contributed by atoms with Crippen LogP contribution in [0.4, 0.5) is 9.59 Å². The summed E-state index contributed by atoms with van der Waals surface area (Å²) in [6.45, 7) is 17.6. The number of carbonyl (C=O) groups excluding carboxylic acids is 6. The smallest absolute Gasteiger partial charge is 0.408 e. The Hall–Kier alpha value is -6.18. The van der Waals surface area contributed by atoms with Crippen LogP contribution in [-0.4, -0.2) is 102 Å². The molecule has 14 heteroatoms. The van der Waals surface area contributed by atoms with Crippen molar-refractivity contribution in [2.45, 2.75) is 143 Å². The molecular formula is C54H74N6O8. The standard InChI is InChI=1S/C54H74N6O8/c1-35(2)31-40(57-53(66)68-54(7,8)9)28-27-39(32-38-19-11-10-12-20-38)51(64)59-30-18-26-47(59)60(34-61)48(36(3)4)50(63)58-46(49(62)56-37(5)6)25-17-29-55-52(65)67-33-45-43-23-15-13-21-41(43)42-22-14-16-24-44(42)45/h10-16,19-24,27-28,34-37,39-40,45-48H,17-18,25-26,29-33H2,1-9H3,(H,55,65)(H,56,62)(H,57,66)(H,58,63)/b28-27+/t39-,40-,46+,47-,48+/m1/s1. The molecule has 1 saturated heterocycles. The van der Waals surface area contributed by atoms with E-state index in [1.165, 1.54) is 4.90 Å². The van der Waals surface area contributed by atoms with E-state index in [0.717, 1.165) is 27.8 Å². The Morgan fingerprint density at radius 1 is 0.794 bits per heavy atom. The van der Waals surface area contributed by atoms with Gasteiger partial charge in [0, 0.05) is 25.0 Å². The molecule has 2 aliphatic rings. The molecule has 0 spiro atoms. The van der Waals surface area contributed by atoms with Gasteiger partial charge in [-0.15, -0.1) is 0 Å². The fourth-order valence-electron chi connectivity index (χ4n) is 9.22. The zero-order valence-corrected chi connectivity index (χ0v) is 41.5. The number of benzene rings is 3. The van der Waals surface area contributed by atoms with E-state index in [9.17, 15) is 28.8 Å². The van der Waals surface area contributed by atoms with Crippen molar-refractivity contribution in [3.63, 3.8) is 0 Å². The molecule has 0 saturated carbocycles. The van der Waals surface area contributed by atoms with Crippen LogP contribution in [0.25, 0.3) is 11.1 Å². The number of fused-ring (bicyclic) bond motifs is 3. The lowest BCUT2D eigenvalue weighted by Crippen LogP contribution is -2.60. The van der Waals surface area contributed by atoms with Crippen molar-refractivity contribution in [3.05, 3.63) is 108 Å². The van der Waals surface area contributed by atoms with E-state index in [4.69, 9.17) is 9.47 Å². The summed E-state index contributed by atoms with van der Waals surface area (Å²) >= 11 is 0. The van der Waals surface area contributed by atoms with Gasteiger partial charge in [-0.25, -0.2) is 9.59 Å². The van der Waals surface area contributed by atoms with Gasteiger partial charge >= 0.3 is 12.2 Å². The minimum Gasteiger partial charge on any atom is -0.449 e. The van der Waals surface area contributed by atoms with Crippen LogP contribution in [0, 0.1) is 17.8 Å². The number of ether oxygens (including phenoxy) is 2. The molecular weight excluding hydrogens is 861 g/mol. The fourth-order valence-corrected chi connectivity index (χ4v) is 9.22. The number of carbonyl (C=O) groups is 6. The van der Waals surface area contributed by atoms with Crippen LogP contribution in [-0.2, 0) is 35.1 Å². The molecule has 14 nitrogen and oxygen atoms in total. The van der Waals surface area contributed by atoms with Crippen LogP contribution in [0.5, 0.6) is 0 Å². The highest BCUT2D eigenvalue weighted by molar-refractivity contribution is 5.91. The number of likely N-dealkylation sites (tertiary alicyclic amines) is 1. The summed E-state index contributed by atoms with van der Waals surface area (Å²) in [7, 11) is 0. The Bertz CT molecular complexity index is 2160. The number of nitrogens with zero attached hydrogens (tertiary/aromatic N) is 2. The second-order valence-corrected chi connectivity index (χ2v) is 20.1. The van der Waals surface area contributed by atoms with Crippen molar-refractivity contribution < 1.29 is 38.2 Å². The van der Waals surface area contributed by atoms with Crippen molar-refractivity contribution in [2.24, 2.45) is 17.8 Å². The van der Waals surface area contributed by atoms with Gasteiger partial charge in [-0.1, -0.05) is 119 Å². The first-order chi connectivity index (χ1) is 32.4. The Morgan fingerprint density at radius 2 is 1.43 bits per heavy atom.